The lowest BCUT2D eigenvalue weighted by Crippen LogP contribution is -2.52. The molecule has 0 amide bonds. The van der Waals surface area contributed by atoms with E-state index in [9.17, 15) is 4.39 Å². The van der Waals surface area contributed by atoms with E-state index in [2.05, 4.69) is 12.2 Å². The molecule has 0 spiro atoms. The lowest BCUT2D eigenvalue weighted by atomic mass is 9.78. The highest BCUT2D eigenvalue weighted by Crippen LogP contribution is 2.30. The van der Waals surface area contributed by atoms with Crippen molar-refractivity contribution in [2.45, 2.75) is 13.3 Å². The molecule has 2 rings (SSSR count). The molecular weight excluding hydrogens is 201 g/mol. The highest BCUT2D eigenvalue weighted by atomic mass is 35.5. The molecule has 3 heteroatoms. The third kappa shape index (κ3) is 1.91. The van der Waals surface area contributed by atoms with Gasteiger partial charge in [0, 0.05) is 18.1 Å². The Hall–Kier alpha value is -0.600. The quantitative estimate of drug-likeness (QED) is 0.797. The van der Waals surface area contributed by atoms with E-state index >= 15 is 0 Å². The number of nitrogens with one attached hydrogen (secondary N) is 1. The molecule has 0 atom stereocenters. The molecule has 0 aromatic heterocycles. The Bertz CT molecular complexity index is 347. The summed E-state index contributed by atoms with van der Waals surface area (Å²) in [4.78, 5) is 0. The summed E-state index contributed by atoms with van der Waals surface area (Å²) >= 11 is 6.00. The molecule has 0 bridgehead atoms. The highest BCUT2D eigenvalue weighted by molar-refractivity contribution is 6.31. The average molecular weight is 214 g/mol. The normalized spacial score (nSPS) is 19.1. The first-order chi connectivity index (χ1) is 6.59. The molecule has 1 nitrogen and oxygen atoms in total. The zero-order valence-electron chi connectivity index (χ0n) is 8.11. The smallest absolute Gasteiger partial charge is 0.123 e. The van der Waals surface area contributed by atoms with Crippen molar-refractivity contribution >= 4 is 11.6 Å². The van der Waals surface area contributed by atoms with Crippen LogP contribution in [0.5, 0.6) is 0 Å². The Kier molecular flexibility index (Phi) is 2.50. The van der Waals surface area contributed by atoms with E-state index in [0.717, 1.165) is 25.1 Å². The van der Waals surface area contributed by atoms with Gasteiger partial charge in [-0.15, -0.1) is 0 Å². The minimum Gasteiger partial charge on any atom is -0.316 e. The van der Waals surface area contributed by atoms with Crippen molar-refractivity contribution in [3.63, 3.8) is 0 Å². The average Bonchev–Trinajstić information content (AvgIpc) is 2.09. The summed E-state index contributed by atoms with van der Waals surface area (Å²) in [6, 6.07) is 4.56. The zero-order chi connectivity index (χ0) is 10.2. The maximum Gasteiger partial charge on any atom is 0.123 e. The van der Waals surface area contributed by atoms with E-state index in [-0.39, 0.29) is 11.2 Å². The number of benzene rings is 1. The van der Waals surface area contributed by atoms with Crippen LogP contribution in [0.3, 0.4) is 0 Å². The number of hydrogen-bond acceptors (Lipinski definition) is 1. The summed E-state index contributed by atoms with van der Waals surface area (Å²) in [7, 11) is 0. The van der Waals surface area contributed by atoms with E-state index in [1.165, 1.54) is 12.1 Å². The number of halogens is 2. The van der Waals surface area contributed by atoms with Gasteiger partial charge in [0.25, 0.3) is 0 Å². The molecule has 1 fully saturated rings. The summed E-state index contributed by atoms with van der Waals surface area (Å²) in [5.74, 6) is -0.208. The van der Waals surface area contributed by atoms with Crippen LogP contribution in [0.2, 0.25) is 5.02 Å². The van der Waals surface area contributed by atoms with Crippen LogP contribution in [0, 0.1) is 11.2 Å². The molecule has 0 unspecified atom stereocenters. The predicted molar refractivity (Wildman–Crippen MR) is 56.1 cm³/mol. The molecule has 0 aliphatic carbocycles. The van der Waals surface area contributed by atoms with Crippen LogP contribution >= 0.6 is 11.6 Å². The molecule has 76 valence electrons. The van der Waals surface area contributed by atoms with Gasteiger partial charge in [0.1, 0.15) is 5.82 Å². The molecule has 0 radical (unpaired) electrons. The van der Waals surface area contributed by atoms with Crippen molar-refractivity contribution in [1.29, 1.82) is 0 Å². The van der Waals surface area contributed by atoms with Gasteiger partial charge in [-0.05, 0) is 35.6 Å². The Morgan fingerprint density at radius 2 is 2.21 bits per heavy atom. The topological polar surface area (TPSA) is 12.0 Å². The van der Waals surface area contributed by atoms with Gasteiger partial charge in [0.05, 0.1) is 0 Å². The minimum absolute atomic E-state index is 0.208. The predicted octanol–water partition coefficient (Wildman–Crippen LogP) is 2.63. The van der Waals surface area contributed by atoms with Gasteiger partial charge in [0.2, 0.25) is 0 Å². The molecule has 14 heavy (non-hydrogen) atoms. The van der Waals surface area contributed by atoms with Crippen molar-refractivity contribution in [2.75, 3.05) is 13.1 Å². The lowest BCUT2D eigenvalue weighted by Gasteiger charge is -2.39. The summed E-state index contributed by atoms with van der Waals surface area (Å²) in [5, 5.41) is 3.89. The fourth-order valence-corrected chi connectivity index (χ4v) is 2.00. The Labute approximate surface area is 88.3 Å². The first-order valence-corrected chi connectivity index (χ1v) is 5.12. The van der Waals surface area contributed by atoms with Crippen LogP contribution in [0.25, 0.3) is 0 Å². The van der Waals surface area contributed by atoms with Crippen molar-refractivity contribution in [3.8, 4) is 0 Å². The van der Waals surface area contributed by atoms with E-state index in [0.29, 0.717) is 5.02 Å². The molecule has 0 saturated carbocycles. The SMILES string of the molecule is CC1(Cc2cc(F)ccc2Cl)CNC1. The van der Waals surface area contributed by atoms with Crippen LogP contribution in [-0.2, 0) is 6.42 Å². The van der Waals surface area contributed by atoms with Gasteiger partial charge >= 0.3 is 0 Å². The summed E-state index contributed by atoms with van der Waals surface area (Å²) in [6.45, 7) is 4.16. The molecule has 1 aliphatic rings. The second-order valence-corrected chi connectivity index (χ2v) is 4.73. The van der Waals surface area contributed by atoms with E-state index < -0.39 is 0 Å². The highest BCUT2D eigenvalue weighted by Gasteiger charge is 2.32. The molecule has 1 N–H and O–H groups in total. The molecule has 1 aromatic rings. The maximum absolute atomic E-state index is 13.0. The monoisotopic (exact) mass is 213 g/mol. The van der Waals surface area contributed by atoms with Crippen LogP contribution in [-0.4, -0.2) is 13.1 Å². The molecule has 1 heterocycles. The minimum atomic E-state index is -0.208. The summed E-state index contributed by atoms with van der Waals surface area (Å²) in [5.41, 5.74) is 1.16. The fraction of sp³-hybridized carbons (Fsp3) is 0.455. The van der Waals surface area contributed by atoms with Gasteiger partial charge in [0.15, 0.2) is 0 Å². The summed E-state index contributed by atoms with van der Waals surface area (Å²) < 4.78 is 13.0. The van der Waals surface area contributed by atoms with Crippen LogP contribution in [0.4, 0.5) is 4.39 Å². The Morgan fingerprint density at radius 3 is 2.79 bits per heavy atom. The third-order valence-electron chi connectivity index (χ3n) is 2.73. The fourth-order valence-electron chi connectivity index (χ4n) is 1.82. The van der Waals surface area contributed by atoms with Crippen LogP contribution in [0.1, 0.15) is 12.5 Å². The van der Waals surface area contributed by atoms with E-state index in [1.807, 2.05) is 0 Å². The van der Waals surface area contributed by atoms with Crippen molar-refractivity contribution < 1.29 is 4.39 Å². The second-order valence-electron chi connectivity index (χ2n) is 4.33. The second kappa shape index (κ2) is 3.52. The van der Waals surface area contributed by atoms with E-state index in [1.54, 1.807) is 6.07 Å². The Balaban J connectivity index is 2.19. The largest absolute Gasteiger partial charge is 0.316 e. The summed E-state index contributed by atoms with van der Waals surface area (Å²) in [6.07, 6.45) is 0.844. The van der Waals surface area contributed by atoms with Crippen molar-refractivity contribution in [2.24, 2.45) is 5.41 Å². The van der Waals surface area contributed by atoms with Crippen LogP contribution in [0.15, 0.2) is 18.2 Å². The zero-order valence-corrected chi connectivity index (χ0v) is 8.87. The third-order valence-corrected chi connectivity index (χ3v) is 3.10. The molecule has 1 aliphatic heterocycles. The van der Waals surface area contributed by atoms with Gasteiger partial charge < -0.3 is 5.32 Å². The Morgan fingerprint density at radius 1 is 1.50 bits per heavy atom. The van der Waals surface area contributed by atoms with Gasteiger partial charge in [-0.25, -0.2) is 4.39 Å². The lowest BCUT2D eigenvalue weighted by molar-refractivity contribution is 0.195. The van der Waals surface area contributed by atoms with E-state index in [4.69, 9.17) is 11.6 Å². The first-order valence-electron chi connectivity index (χ1n) is 4.74. The molecular formula is C11H13ClFN. The van der Waals surface area contributed by atoms with Crippen LogP contribution < -0.4 is 5.32 Å². The standard InChI is InChI=1S/C11H13ClFN/c1-11(6-14-7-11)5-8-4-9(13)2-3-10(8)12/h2-4,14H,5-7H2,1H3. The molecule has 1 saturated heterocycles. The number of rotatable bonds is 2. The number of hydrogen-bond donors (Lipinski definition) is 1. The maximum atomic E-state index is 13.0. The van der Waals surface area contributed by atoms with Gasteiger partial charge in [-0.1, -0.05) is 18.5 Å². The molecule has 1 aromatic carbocycles. The van der Waals surface area contributed by atoms with Crippen molar-refractivity contribution in [1.82, 2.24) is 5.32 Å². The van der Waals surface area contributed by atoms with Gasteiger partial charge in [-0.2, -0.15) is 0 Å². The van der Waals surface area contributed by atoms with Gasteiger partial charge in [-0.3, -0.25) is 0 Å². The first kappa shape index (κ1) is 9.94. The van der Waals surface area contributed by atoms with Crippen molar-refractivity contribution in [3.05, 3.63) is 34.6 Å².